The Morgan fingerprint density at radius 1 is 1.33 bits per heavy atom. The second-order valence-electron chi connectivity index (χ2n) is 4.56. The van der Waals surface area contributed by atoms with Gasteiger partial charge in [0.2, 0.25) is 0 Å². The molecule has 0 bridgehead atoms. The number of aryl methyl sites for hydroxylation is 1. The van der Waals surface area contributed by atoms with E-state index in [4.69, 9.17) is 5.11 Å². The molecule has 8 nitrogen and oxygen atoms in total. The van der Waals surface area contributed by atoms with E-state index in [9.17, 15) is 25.4 Å². The summed E-state index contributed by atoms with van der Waals surface area (Å²) in [5, 5.41) is 50.7. The van der Waals surface area contributed by atoms with Crippen LogP contribution in [0.4, 0.5) is 11.4 Å². The van der Waals surface area contributed by atoms with Gasteiger partial charge in [-0.1, -0.05) is 15.9 Å². The maximum atomic E-state index is 11.0. The third-order valence-corrected chi connectivity index (χ3v) is 3.81. The molecule has 0 fully saturated rings. The van der Waals surface area contributed by atoms with Crippen LogP contribution in [0.2, 0.25) is 0 Å². The first-order valence-electron chi connectivity index (χ1n) is 6.11. The summed E-state index contributed by atoms with van der Waals surface area (Å²) in [5.74, 6) is 0. The third-order valence-electron chi connectivity index (χ3n) is 2.95. The molecular formula is C12H17BrN2O6. The Kier molecular flexibility index (Phi) is 6.49. The zero-order valence-electron chi connectivity index (χ0n) is 11.2. The number of nitro benzene ring substituents is 1. The summed E-state index contributed by atoms with van der Waals surface area (Å²) in [6.45, 7) is 0.778. The van der Waals surface area contributed by atoms with E-state index in [1.165, 1.54) is 12.1 Å². The van der Waals surface area contributed by atoms with Crippen molar-refractivity contribution in [1.82, 2.24) is 0 Å². The standard InChI is InChI=1S/C12H17BrN2O6/c1-6-2-9(15(20)21)8(3-7(6)13)14-4-10(17)12(19)11(18)5-16/h2-3,10-12,14,16-19H,4-5H2,1H3/t10-,11-,12+/m0/s1. The minimum Gasteiger partial charge on any atom is -0.394 e. The molecule has 0 heterocycles. The molecule has 0 unspecified atom stereocenters. The van der Waals surface area contributed by atoms with E-state index in [0.717, 1.165) is 0 Å². The largest absolute Gasteiger partial charge is 0.394 e. The highest BCUT2D eigenvalue weighted by Crippen LogP contribution is 2.31. The van der Waals surface area contributed by atoms with Gasteiger partial charge in [-0.25, -0.2) is 0 Å². The van der Waals surface area contributed by atoms with Crippen LogP contribution in [0.3, 0.4) is 0 Å². The maximum absolute atomic E-state index is 11.0. The van der Waals surface area contributed by atoms with Crippen LogP contribution in [0.25, 0.3) is 0 Å². The van der Waals surface area contributed by atoms with Crippen LogP contribution in [0.1, 0.15) is 5.56 Å². The van der Waals surface area contributed by atoms with Gasteiger partial charge in [-0.05, 0) is 18.6 Å². The van der Waals surface area contributed by atoms with Crippen LogP contribution < -0.4 is 5.32 Å². The summed E-state index contributed by atoms with van der Waals surface area (Å²) in [6.07, 6.45) is -4.44. The van der Waals surface area contributed by atoms with Crippen molar-refractivity contribution in [2.75, 3.05) is 18.5 Å². The third kappa shape index (κ3) is 4.61. The van der Waals surface area contributed by atoms with Gasteiger partial charge in [0.25, 0.3) is 5.69 Å². The molecule has 5 N–H and O–H groups in total. The number of nitrogens with zero attached hydrogens (tertiary/aromatic N) is 1. The Morgan fingerprint density at radius 3 is 2.48 bits per heavy atom. The fourth-order valence-electron chi connectivity index (χ4n) is 1.66. The molecule has 21 heavy (non-hydrogen) atoms. The van der Waals surface area contributed by atoms with E-state index < -0.39 is 29.8 Å². The van der Waals surface area contributed by atoms with E-state index in [1.807, 2.05) is 0 Å². The fraction of sp³-hybridized carbons (Fsp3) is 0.500. The van der Waals surface area contributed by atoms with Crippen LogP contribution >= 0.6 is 15.9 Å². The van der Waals surface area contributed by atoms with Crippen LogP contribution in [0.5, 0.6) is 0 Å². The number of halogens is 1. The van der Waals surface area contributed by atoms with E-state index in [2.05, 4.69) is 21.2 Å². The highest BCUT2D eigenvalue weighted by molar-refractivity contribution is 9.10. The Morgan fingerprint density at radius 2 is 1.95 bits per heavy atom. The molecule has 9 heteroatoms. The Hall–Kier alpha value is -1.26. The monoisotopic (exact) mass is 364 g/mol. The zero-order chi connectivity index (χ0) is 16.2. The van der Waals surface area contributed by atoms with E-state index in [0.29, 0.717) is 10.0 Å². The molecule has 0 radical (unpaired) electrons. The van der Waals surface area contributed by atoms with Crippen molar-refractivity contribution in [3.63, 3.8) is 0 Å². The highest BCUT2D eigenvalue weighted by atomic mass is 79.9. The van der Waals surface area contributed by atoms with Crippen LogP contribution in [0, 0.1) is 17.0 Å². The lowest BCUT2D eigenvalue weighted by Gasteiger charge is -2.22. The smallest absolute Gasteiger partial charge is 0.292 e. The van der Waals surface area contributed by atoms with Gasteiger partial charge >= 0.3 is 0 Å². The Labute approximate surface area is 129 Å². The van der Waals surface area contributed by atoms with Crippen molar-refractivity contribution >= 4 is 27.3 Å². The predicted molar refractivity (Wildman–Crippen MR) is 79.1 cm³/mol. The number of aliphatic hydroxyl groups excluding tert-OH is 4. The fourth-order valence-corrected chi connectivity index (χ4v) is 2.00. The summed E-state index contributed by atoms with van der Waals surface area (Å²) in [6, 6.07) is 2.87. The maximum Gasteiger partial charge on any atom is 0.292 e. The molecule has 0 spiro atoms. The van der Waals surface area contributed by atoms with Crippen molar-refractivity contribution in [3.05, 3.63) is 32.3 Å². The molecule has 0 aliphatic heterocycles. The van der Waals surface area contributed by atoms with E-state index in [-0.39, 0.29) is 17.9 Å². The molecule has 1 aromatic rings. The second kappa shape index (κ2) is 7.66. The van der Waals surface area contributed by atoms with Crippen molar-refractivity contribution in [2.24, 2.45) is 0 Å². The molecule has 0 aliphatic carbocycles. The van der Waals surface area contributed by atoms with Crippen molar-refractivity contribution in [1.29, 1.82) is 0 Å². The zero-order valence-corrected chi connectivity index (χ0v) is 12.8. The van der Waals surface area contributed by atoms with Crippen molar-refractivity contribution in [2.45, 2.75) is 25.2 Å². The molecule has 3 atom stereocenters. The molecule has 0 aliphatic rings. The van der Waals surface area contributed by atoms with Gasteiger partial charge < -0.3 is 25.7 Å². The number of hydrogen-bond donors (Lipinski definition) is 5. The van der Waals surface area contributed by atoms with Crippen molar-refractivity contribution in [3.8, 4) is 0 Å². The average Bonchev–Trinajstić information content (AvgIpc) is 2.45. The minimum absolute atomic E-state index is 0.167. The normalized spacial score (nSPS) is 15.3. The molecule has 118 valence electrons. The molecule has 1 aromatic carbocycles. The number of hydrogen-bond acceptors (Lipinski definition) is 7. The van der Waals surface area contributed by atoms with Gasteiger partial charge in [-0.2, -0.15) is 0 Å². The number of nitro groups is 1. The summed E-state index contributed by atoms with van der Waals surface area (Å²) in [4.78, 5) is 10.4. The van der Waals surface area contributed by atoms with Gasteiger partial charge in [0.1, 0.15) is 17.9 Å². The lowest BCUT2D eigenvalue weighted by atomic mass is 10.1. The quantitative estimate of drug-likeness (QED) is 0.343. The van der Waals surface area contributed by atoms with Gasteiger partial charge in [-0.15, -0.1) is 0 Å². The number of rotatable bonds is 7. The topological polar surface area (TPSA) is 136 Å². The first-order valence-corrected chi connectivity index (χ1v) is 6.90. The Bertz CT molecular complexity index is 513. The van der Waals surface area contributed by atoms with Gasteiger partial charge in [0.05, 0.1) is 17.6 Å². The molecule has 0 aromatic heterocycles. The lowest BCUT2D eigenvalue weighted by Crippen LogP contribution is -2.42. The first kappa shape index (κ1) is 17.8. The number of benzene rings is 1. The molecule has 0 saturated heterocycles. The number of nitrogens with one attached hydrogen (secondary N) is 1. The van der Waals surface area contributed by atoms with Crippen LogP contribution in [-0.2, 0) is 0 Å². The summed E-state index contributed by atoms with van der Waals surface area (Å²) in [5.41, 5.74) is 0.686. The number of anilines is 1. The summed E-state index contributed by atoms with van der Waals surface area (Å²) < 4.78 is 0.654. The highest BCUT2D eigenvalue weighted by Gasteiger charge is 2.25. The van der Waals surface area contributed by atoms with Gasteiger partial charge in [-0.3, -0.25) is 10.1 Å². The van der Waals surface area contributed by atoms with Gasteiger partial charge in [0, 0.05) is 17.1 Å². The second-order valence-corrected chi connectivity index (χ2v) is 5.42. The first-order chi connectivity index (χ1) is 9.77. The molecular weight excluding hydrogens is 348 g/mol. The Balaban J connectivity index is 2.84. The van der Waals surface area contributed by atoms with E-state index >= 15 is 0 Å². The minimum atomic E-state index is -1.56. The molecule has 0 saturated carbocycles. The SMILES string of the molecule is Cc1cc([N+](=O)[O-])c(NC[C@H](O)[C@@H](O)[C@@H](O)CO)cc1Br. The van der Waals surface area contributed by atoms with Crippen LogP contribution in [0.15, 0.2) is 16.6 Å². The number of aliphatic hydroxyl groups is 4. The summed E-state index contributed by atoms with van der Waals surface area (Å²) >= 11 is 3.25. The lowest BCUT2D eigenvalue weighted by molar-refractivity contribution is -0.384. The molecule has 1 rings (SSSR count). The predicted octanol–water partition coefficient (Wildman–Crippen LogP) is 0.153. The molecule has 0 amide bonds. The van der Waals surface area contributed by atoms with Crippen LogP contribution in [-0.4, -0.2) is 56.8 Å². The van der Waals surface area contributed by atoms with Crippen molar-refractivity contribution < 1.29 is 25.3 Å². The summed E-state index contributed by atoms with van der Waals surface area (Å²) in [7, 11) is 0. The average molecular weight is 365 g/mol. The van der Waals surface area contributed by atoms with Gasteiger partial charge in [0.15, 0.2) is 0 Å². The van der Waals surface area contributed by atoms with E-state index in [1.54, 1.807) is 6.92 Å².